The van der Waals surface area contributed by atoms with E-state index >= 15 is 0 Å². The Hall–Kier alpha value is -1.73. The van der Waals surface area contributed by atoms with Crippen LogP contribution in [0.25, 0.3) is 0 Å². The molecule has 0 unspecified atom stereocenters. The Morgan fingerprint density at radius 3 is 2.71 bits per heavy atom. The smallest absolute Gasteiger partial charge is 0.288 e. The van der Waals surface area contributed by atoms with Crippen LogP contribution in [0, 0.1) is 0 Å². The van der Waals surface area contributed by atoms with Crippen molar-refractivity contribution in [2.24, 2.45) is 0 Å². The van der Waals surface area contributed by atoms with Crippen LogP contribution in [0.2, 0.25) is 0 Å². The van der Waals surface area contributed by atoms with Gasteiger partial charge < -0.3 is 10.2 Å². The molecule has 1 heterocycles. The highest BCUT2D eigenvalue weighted by molar-refractivity contribution is 7.99. The van der Waals surface area contributed by atoms with E-state index in [0.717, 1.165) is 18.0 Å². The standard InChI is InChI=1S/C17H16F2N2OS2/c18-17(19)24-13-7-5-12(6-8-13)20-16(22)11-21-9-10-23-15-4-2-1-3-14(15)21/h1-8,17H,9-11H2,(H,20,22). The first-order valence-corrected chi connectivity index (χ1v) is 9.30. The molecule has 3 rings (SSSR count). The van der Waals surface area contributed by atoms with Gasteiger partial charge in [-0.05, 0) is 36.4 Å². The number of anilines is 2. The molecule has 1 aliphatic rings. The summed E-state index contributed by atoms with van der Waals surface area (Å²) in [6, 6.07) is 14.5. The minimum atomic E-state index is -2.44. The number of rotatable bonds is 5. The van der Waals surface area contributed by atoms with Crippen LogP contribution in [-0.2, 0) is 4.79 Å². The van der Waals surface area contributed by atoms with Crippen LogP contribution < -0.4 is 10.2 Å². The van der Waals surface area contributed by atoms with E-state index in [2.05, 4.69) is 16.3 Å². The van der Waals surface area contributed by atoms with Gasteiger partial charge in [-0.1, -0.05) is 23.9 Å². The van der Waals surface area contributed by atoms with Gasteiger partial charge in [-0.15, -0.1) is 11.8 Å². The monoisotopic (exact) mass is 366 g/mol. The molecule has 0 fully saturated rings. The molecule has 0 saturated heterocycles. The molecule has 24 heavy (non-hydrogen) atoms. The zero-order valence-corrected chi connectivity index (χ0v) is 14.4. The minimum absolute atomic E-state index is 0.119. The molecule has 0 spiro atoms. The molecular weight excluding hydrogens is 350 g/mol. The molecule has 0 aliphatic carbocycles. The van der Waals surface area contributed by atoms with Crippen LogP contribution in [0.5, 0.6) is 0 Å². The summed E-state index contributed by atoms with van der Waals surface area (Å²) in [6.07, 6.45) is 0. The maximum atomic E-state index is 12.3. The number of carbonyl (C=O) groups excluding carboxylic acids is 1. The predicted octanol–water partition coefficient (Wildman–Crippen LogP) is 4.55. The Morgan fingerprint density at radius 2 is 1.96 bits per heavy atom. The van der Waals surface area contributed by atoms with Crippen LogP contribution in [0.15, 0.2) is 58.3 Å². The molecule has 0 radical (unpaired) electrons. The summed E-state index contributed by atoms with van der Waals surface area (Å²) < 4.78 is 24.6. The SMILES string of the molecule is O=C(CN1CCSc2ccccc21)Nc1ccc(SC(F)F)cc1. The lowest BCUT2D eigenvalue weighted by atomic mass is 10.2. The second-order valence-electron chi connectivity index (χ2n) is 5.19. The second kappa shape index (κ2) is 7.90. The quantitative estimate of drug-likeness (QED) is 0.787. The summed E-state index contributed by atoms with van der Waals surface area (Å²) in [5, 5.41) is 2.82. The lowest BCUT2D eigenvalue weighted by Crippen LogP contribution is -2.36. The van der Waals surface area contributed by atoms with E-state index in [0.29, 0.717) is 22.3 Å². The van der Waals surface area contributed by atoms with Gasteiger partial charge in [-0.25, -0.2) is 0 Å². The molecule has 1 N–H and O–H groups in total. The number of fused-ring (bicyclic) bond motifs is 1. The lowest BCUT2D eigenvalue weighted by Gasteiger charge is -2.30. The van der Waals surface area contributed by atoms with Crippen molar-refractivity contribution >= 4 is 40.8 Å². The highest BCUT2D eigenvalue weighted by atomic mass is 32.2. The molecule has 0 saturated carbocycles. The Morgan fingerprint density at radius 1 is 1.21 bits per heavy atom. The first kappa shape index (κ1) is 17.1. The zero-order chi connectivity index (χ0) is 16.9. The Bertz CT molecular complexity index is 710. The summed E-state index contributed by atoms with van der Waals surface area (Å²) in [4.78, 5) is 16.0. The number of nitrogens with zero attached hydrogens (tertiary/aromatic N) is 1. The number of thioether (sulfide) groups is 2. The fourth-order valence-electron chi connectivity index (χ4n) is 2.48. The number of hydrogen-bond acceptors (Lipinski definition) is 4. The highest BCUT2D eigenvalue weighted by Crippen LogP contribution is 2.34. The van der Waals surface area contributed by atoms with Crippen LogP contribution in [0.3, 0.4) is 0 Å². The molecule has 0 bridgehead atoms. The van der Waals surface area contributed by atoms with Gasteiger partial charge in [0.05, 0.1) is 12.2 Å². The fourth-order valence-corrected chi connectivity index (χ4v) is 4.03. The molecule has 3 nitrogen and oxygen atoms in total. The van der Waals surface area contributed by atoms with Crippen LogP contribution in [0.1, 0.15) is 0 Å². The third-order valence-electron chi connectivity index (χ3n) is 3.52. The fraction of sp³-hybridized carbons (Fsp3) is 0.235. The Balaban J connectivity index is 1.60. The van der Waals surface area contributed by atoms with E-state index in [1.807, 2.05) is 18.2 Å². The molecule has 0 aromatic heterocycles. The number of alkyl halides is 2. The molecule has 0 atom stereocenters. The van der Waals surface area contributed by atoms with Gasteiger partial charge in [0.2, 0.25) is 5.91 Å². The largest absolute Gasteiger partial charge is 0.360 e. The van der Waals surface area contributed by atoms with Crippen molar-refractivity contribution in [1.82, 2.24) is 0 Å². The molecule has 1 amide bonds. The van der Waals surface area contributed by atoms with Crippen molar-refractivity contribution in [2.45, 2.75) is 15.5 Å². The van der Waals surface area contributed by atoms with E-state index in [4.69, 9.17) is 0 Å². The average Bonchev–Trinajstić information content (AvgIpc) is 2.56. The van der Waals surface area contributed by atoms with Gasteiger partial charge in [-0.3, -0.25) is 4.79 Å². The summed E-state index contributed by atoms with van der Waals surface area (Å²) in [5.74, 6) is -1.61. The maximum absolute atomic E-state index is 12.3. The number of nitrogens with one attached hydrogen (secondary N) is 1. The van der Waals surface area contributed by atoms with Gasteiger partial charge in [0.25, 0.3) is 5.76 Å². The van der Waals surface area contributed by atoms with Crippen molar-refractivity contribution in [3.8, 4) is 0 Å². The first-order chi connectivity index (χ1) is 11.6. The normalized spacial score (nSPS) is 13.7. The molecule has 2 aromatic rings. The van der Waals surface area contributed by atoms with E-state index in [-0.39, 0.29) is 12.5 Å². The molecule has 126 valence electrons. The molecule has 2 aromatic carbocycles. The summed E-state index contributed by atoms with van der Waals surface area (Å²) in [7, 11) is 0. The van der Waals surface area contributed by atoms with Gasteiger partial charge in [0, 0.05) is 27.8 Å². The third-order valence-corrected chi connectivity index (χ3v) is 5.29. The van der Waals surface area contributed by atoms with E-state index in [1.165, 1.54) is 4.90 Å². The van der Waals surface area contributed by atoms with Gasteiger partial charge in [0.15, 0.2) is 0 Å². The van der Waals surface area contributed by atoms with Gasteiger partial charge >= 0.3 is 0 Å². The Labute approximate surface area is 147 Å². The number of amides is 1. The third kappa shape index (κ3) is 4.42. The van der Waals surface area contributed by atoms with Crippen molar-refractivity contribution in [1.29, 1.82) is 0 Å². The second-order valence-corrected chi connectivity index (χ2v) is 7.39. The average molecular weight is 366 g/mol. The highest BCUT2D eigenvalue weighted by Gasteiger charge is 2.19. The van der Waals surface area contributed by atoms with Crippen molar-refractivity contribution in [3.05, 3.63) is 48.5 Å². The Kier molecular flexibility index (Phi) is 5.63. The van der Waals surface area contributed by atoms with Crippen molar-refractivity contribution < 1.29 is 13.6 Å². The summed E-state index contributed by atoms with van der Waals surface area (Å²) in [6.45, 7) is 1.09. The van der Waals surface area contributed by atoms with Crippen molar-refractivity contribution in [3.63, 3.8) is 0 Å². The van der Waals surface area contributed by atoms with Gasteiger partial charge in [-0.2, -0.15) is 8.78 Å². The van der Waals surface area contributed by atoms with Gasteiger partial charge in [0.1, 0.15) is 0 Å². The van der Waals surface area contributed by atoms with Crippen LogP contribution >= 0.6 is 23.5 Å². The van der Waals surface area contributed by atoms with E-state index in [1.54, 1.807) is 36.0 Å². The van der Waals surface area contributed by atoms with Crippen LogP contribution in [0.4, 0.5) is 20.2 Å². The van der Waals surface area contributed by atoms with E-state index in [9.17, 15) is 13.6 Å². The number of carbonyl (C=O) groups is 1. The van der Waals surface area contributed by atoms with Crippen LogP contribution in [-0.4, -0.2) is 30.5 Å². The lowest BCUT2D eigenvalue weighted by molar-refractivity contribution is -0.115. The predicted molar refractivity (Wildman–Crippen MR) is 96.3 cm³/mol. The number of benzene rings is 2. The molecule has 1 aliphatic heterocycles. The topological polar surface area (TPSA) is 32.3 Å². The number of hydrogen-bond donors (Lipinski definition) is 1. The van der Waals surface area contributed by atoms with Crippen molar-refractivity contribution in [2.75, 3.05) is 29.1 Å². The summed E-state index contributed by atoms with van der Waals surface area (Å²) in [5.41, 5.74) is 1.69. The number of para-hydroxylation sites is 1. The van der Waals surface area contributed by atoms with E-state index < -0.39 is 5.76 Å². The summed E-state index contributed by atoms with van der Waals surface area (Å²) >= 11 is 2.28. The minimum Gasteiger partial charge on any atom is -0.360 e. The molecular formula is C17H16F2N2OS2. The molecule has 7 heteroatoms. The maximum Gasteiger partial charge on any atom is 0.288 e. The first-order valence-electron chi connectivity index (χ1n) is 7.43. The number of halogens is 2. The zero-order valence-electron chi connectivity index (χ0n) is 12.7.